The first-order chi connectivity index (χ1) is 5.71. The first-order valence-electron chi connectivity index (χ1n) is 4.08. The summed E-state index contributed by atoms with van der Waals surface area (Å²) in [6.45, 7) is 1.62. The van der Waals surface area contributed by atoms with Gasteiger partial charge in [0, 0.05) is 20.3 Å². The number of carbonyl (C=O) groups is 1. The van der Waals surface area contributed by atoms with E-state index in [4.69, 9.17) is 15.2 Å². The van der Waals surface area contributed by atoms with Gasteiger partial charge in [-0.05, 0) is 12.8 Å². The third-order valence-corrected chi connectivity index (χ3v) is 2.39. The molecule has 12 heavy (non-hydrogen) atoms. The molecule has 0 aromatic rings. The van der Waals surface area contributed by atoms with Gasteiger partial charge in [-0.2, -0.15) is 0 Å². The van der Waals surface area contributed by atoms with Crippen LogP contribution in [0.2, 0.25) is 0 Å². The molecule has 0 saturated carbocycles. The lowest BCUT2D eigenvalue weighted by Gasteiger charge is -2.33. The number of hydrogen-bond acceptors (Lipinski definition) is 3. The molecule has 1 saturated heterocycles. The Labute approximate surface area is 72.0 Å². The number of carbonyl (C=O) groups excluding carboxylic acids is 1. The number of hydrogen-bond donors (Lipinski definition) is 1. The van der Waals surface area contributed by atoms with Crippen LogP contribution in [0.25, 0.3) is 0 Å². The minimum absolute atomic E-state index is 0.271. The number of methoxy groups -OCH3 is 1. The first kappa shape index (κ1) is 9.48. The van der Waals surface area contributed by atoms with E-state index in [0.717, 1.165) is 0 Å². The standard InChI is InChI=1S/C8H15NO3/c1-11-6-8(7(9)10)2-4-12-5-3-8/h2-6H2,1H3,(H2,9,10). The molecule has 1 heterocycles. The Morgan fingerprint density at radius 3 is 2.58 bits per heavy atom. The predicted octanol–water partition coefficient (Wildman–Crippen LogP) is -0.0851. The third kappa shape index (κ3) is 1.76. The van der Waals surface area contributed by atoms with Gasteiger partial charge in [-0.1, -0.05) is 0 Å². The highest BCUT2D eigenvalue weighted by Crippen LogP contribution is 2.30. The number of ether oxygens (including phenoxy) is 2. The van der Waals surface area contributed by atoms with E-state index in [1.165, 1.54) is 0 Å². The Morgan fingerprint density at radius 1 is 1.58 bits per heavy atom. The van der Waals surface area contributed by atoms with Crippen molar-refractivity contribution in [3.8, 4) is 0 Å². The van der Waals surface area contributed by atoms with Crippen LogP contribution in [-0.4, -0.2) is 32.8 Å². The van der Waals surface area contributed by atoms with Crippen molar-refractivity contribution < 1.29 is 14.3 Å². The van der Waals surface area contributed by atoms with Crippen LogP contribution in [0, 0.1) is 5.41 Å². The molecule has 0 aromatic carbocycles. The molecule has 70 valence electrons. The Hall–Kier alpha value is -0.610. The first-order valence-corrected chi connectivity index (χ1v) is 4.08. The molecule has 0 atom stereocenters. The van der Waals surface area contributed by atoms with Crippen LogP contribution >= 0.6 is 0 Å². The summed E-state index contributed by atoms with van der Waals surface area (Å²) in [5.41, 5.74) is 4.83. The van der Waals surface area contributed by atoms with Crippen LogP contribution < -0.4 is 5.73 Å². The van der Waals surface area contributed by atoms with Gasteiger partial charge in [0.25, 0.3) is 0 Å². The predicted molar refractivity (Wildman–Crippen MR) is 43.6 cm³/mol. The molecule has 0 aliphatic carbocycles. The van der Waals surface area contributed by atoms with E-state index in [1.807, 2.05) is 0 Å². The number of rotatable bonds is 3. The van der Waals surface area contributed by atoms with Crippen molar-refractivity contribution in [1.82, 2.24) is 0 Å². The van der Waals surface area contributed by atoms with Gasteiger partial charge in [0.2, 0.25) is 5.91 Å². The monoisotopic (exact) mass is 173 g/mol. The zero-order chi connectivity index (χ0) is 9.03. The van der Waals surface area contributed by atoms with Crippen molar-refractivity contribution in [1.29, 1.82) is 0 Å². The molecule has 1 fully saturated rings. The summed E-state index contributed by atoms with van der Waals surface area (Å²) in [6, 6.07) is 0. The fraction of sp³-hybridized carbons (Fsp3) is 0.875. The highest BCUT2D eigenvalue weighted by molar-refractivity contribution is 5.81. The zero-order valence-electron chi connectivity index (χ0n) is 7.34. The van der Waals surface area contributed by atoms with Gasteiger partial charge in [-0.15, -0.1) is 0 Å². The van der Waals surface area contributed by atoms with Crippen molar-refractivity contribution >= 4 is 5.91 Å². The maximum absolute atomic E-state index is 11.2. The molecular weight excluding hydrogens is 158 g/mol. The lowest BCUT2D eigenvalue weighted by molar-refractivity contribution is -0.137. The van der Waals surface area contributed by atoms with Crippen molar-refractivity contribution in [2.75, 3.05) is 26.9 Å². The molecule has 2 N–H and O–H groups in total. The van der Waals surface area contributed by atoms with Crippen LogP contribution in [0.1, 0.15) is 12.8 Å². The smallest absolute Gasteiger partial charge is 0.226 e. The fourth-order valence-corrected chi connectivity index (χ4v) is 1.50. The van der Waals surface area contributed by atoms with Crippen LogP contribution in [-0.2, 0) is 14.3 Å². The lowest BCUT2D eigenvalue weighted by atomic mass is 9.80. The van der Waals surface area contributed by atoms with Crippen LogP contribution in [0.4, 0.5) is 0 Å². The molecule has 1 aliphatic rings. The molecule has 0 spiro atoms. The summed E-state index contributed by atoms with van der Waals surface area (Å²) in [7, 11) is 1.58. The molecule has 0 radical (unpaired) electrons. The molecule has 1 rings (SSSR count). The molecule has 0 bridgehead atoms. The summed E-state index contributed by atoms with van der Waals surface area (Å²) in [6.07, 6.45) is 1.35. The number of primary amides is 1. The van der Waals surface area contributed by atoms with Gasteiger partial charge in [0.1, 0.15) is 0 Å². The second-order valence-electron chi connectivity index (χ2n) is 3.19. The largest absolute Gasteiger partial charge is 0.384 e. The average molecular weight is 173 g/mol. The van der Waals surface area contributed by atoms with E-state index < -0.39 is 5.41 Å². The van der Waals surface area contributed by atoms with Crippen LogP contribution in [0.5, 0.6) is 0 Å². The van der Waals surface area contributed by atoms with Crippen molar-refractivity contribution in [2.24, 2.45) is 11.1 Å². The van der Waals surface area contributed by atoms with Crippen molar-refractivity contribution in [3.05, 3.63) is 0 Å². The summed E-state index contributed by atoms with van der Waals surface area (Å²) < 4.78 is 10.1. The second-order valence-corrected chi connectivity index (χ2v) is 3.19. The summed E-state index contributed by atoms with van der Waals surface area (Å²) in [5.74, 6) is -0.271. The highest BCUT2D eigenvalue weighted by Gasteiger charge is 2.38. The third-order valence-electron chi connectivity index (χ3n) is 2.39. The Balaban J connectivity index is 2.63. The summed E-state index contributed by atoms with van der Waals surface area (Å²) in [4.78, 5) is 11.2. The van der Waals surface area contributed by atoms with E-state index >= 15 is 0 Å². The van der Waals surface area contributed by atoms with Gasteiger partial charge in [-0.25, -0.2) is 0 Å². The highest BCUT2D eigenvalue weighted by atomic mass is 16.5. The maximum atomic E-state index is 11.2. The maximum Gasteiger partial charge on any atom is 0.226 e. The molecule has 4 nitrogen and oxygen atoms in total. The van der Waals surface area contributed by atoms with E-state index in [1.54, 1.807) is 7.11 Å². The molecule has 1 aliphatic heterocycles. The minimum Gasteiger partial charge on any atom is -0.384 e. The molecule has 0 aromatic heterocycles. The van der Waals surface area contributed by atoms with Crippen LogP contribution in [0.3, 0.4) is 0 Å². The van der Waals surface area contributed by atoms with Gasteiger partial charge in [0.05, 0.1) is 12.0 Å². The van der Waals surface area contributed by atoms with Crippen molar-refractivity contribution in [2.45, 2.75) is 12.8 Å². The quantitative estimate of drug-likeness (QED) is 0.649. The molecule has 4 heteroatoms. The average Bonchev–Trinajstić information content (AvgIpc) is 2.06. The summed E-state index contributed by atoms with van der Waals surface area (Å²) >= 11 is 0. The van der Waals surface area contributed by atoms with E-state index in [-0.39, 0.29) is 5.91 Å². The topological polar surface area (TPSA) is 61.5 Å². The number of nitrogens with two attached hydrogens (primary N) is 1. The minimum atomic E-state index is -0.479. The Kier molecular flexibility index (Phi) is 3.05. The van der Waals surface area contributed by atoms with Gasteiger partial charge in [0.15, 0.2) is 0 Å². The van der Waals surface area contributed by atoms with E-state index in [2.05, 4.69) is 0 Å². The second kappa shape index (κ2) is 3.87. The van der Waals surface area contributed by atoms with Gasteiger partial charge >= 0.3 is 0 Å². The Morgan fingerprint density at radius 2 is 2.17 bits per heavy atom. The van der Waals surface area contributed by atoms with E-state index in [0.29, 0.717) is 32.7 Å². The summed E-state index contributed by atoms with van der Waals surface area (Å²) in [5, 5.41) is 0. The Bertz CT molecular complexity index is 158. The lowest BCUT2D eigenvalue weighted by Crippen LogP contribution is -2.44. The van der Waals surface area contributed by atoms with Crippen molar-refractivity contribution in [3.63, 3.8) is 0 Å². The normalized spacial score (nSPS) is 22.1. The SMILES string of the molecule is COCC1(C(N)=O)CCOCC1. The van der Waals surface area contributed by atoms with Crippen LogP contribution in [0.15, 0.2) is 0 Å². The van der Waals surface area contributed by atoms with Gasteiger partial charge in [-0.3, -0.25) is 4.79 Å². The van der Waals surface area contributed by atoms with Gasteiger partial charge < -0.3 is 15.2 Å². The fourth-order valence-electron chi connectivity index (χ4n) is 1.50. The molecule has 0 unspecified atom stereocenters. The zero-order valence-corrected chi connectivity index (χ0v) is 7.34. The number of amides is 1. The molecule has 1 amide bonds. The molecular formula is C8H15NO3. The van der Waals surface area contributed by atoms with E-state index in [9.17, 15) is 4.79 Å².